The van der Waals surface area contributed by atoms with Gasteiger partial charge in [0.1, 0.15) is 5.75 Å². The van der Waals surface area contributed by atoms with Gasteiger partial charge in [-0.15, -0.1) is 0 Å². The van der Waals surface area contributed by atoms with E-state index in [4.69, 9.17) is 22.2 Å². The molecule has 0 bridgehead atoms. The number of nitrogens with two attached hydrogens (primary N) is 1. The van der Waals surface area contributed by atoms with Crippen LogP contribution in [-0.2, 0) is 0 Å². The van der Waals surface area contributed by atoms with Gasteiger partial charge in [-0.25, -0.2) is 10.6 Å². The zero-order chi connectivity index (χ0) is 18.8. The fourth-order valence-corrected chi connectivity index (χ4v) is 3.17. The molecule has 0 aliphatic carbocycles. The summed E-state index contributed by atoms with van der Waals surface area (Å²) in [6, 6.07) is 12.5. The summed E-state index contributed by atoms with van der Waals surface area (Å²) in [6.45, 7) is 0. The van der Waals surface area contributed by atoms with Gasteiger partial charge in [0, 0.05) is 10.9 Å². The van der Waals surface area contributed by atoms with E-state index in [9.17, 15) is 14.7 Å². The van der Waals surface area contributed by atoms with Crippen molar-refractivity contribution in [2.75, 3.05) is 0 Å². The van der Waals surface area contributed by atoms with Gasteiger partial charge in [-0.05, 0) is 45.6 Å². The van der Waals surface area contributed by atoms with Crippen LogP contribution in [0.3, 0.4) is 0 Å². The van der Waals surface area contributed by atoms with Crippen molar-refractivity contribution < 1.29 is 19.4 Å². The van der Waals surface area contributed by atoms with Gasteiger partial charge in [0.05, 0.1) is 15.1 Å². The van der Waals surface area contributed by atoms with E-state index in [-0.39, 0.29) is 22.1 Å². The number of hydrogen-bond acceptors (Lipinski definition) is 5. The van der Waals surface area contributed by atoms with Gasteiger partial charge in [0.25, 0.3) is 5.91 Å². The van der Waals surface area contributed by atoms with Crippen LogP contribution in [0.5, 0.6) is 11.5 Å². The highest BCUT2D eigenvalue weighted by Gasteiger charge is 2.19. The number of halogens is 2. The Hall–Kier alpha value is -2.61. The molecule has 4 N–H and O–H groups in total. The lowest BCUT2D eigenvalue weighted by atomic mass is 10.0. The van der Waals surface area contributed by atoms with Gasteiger partial charge < -0.3 is 9.84 Å². The first kappa shape index (κ1) is 18.2. The third kappa shape index (κ3) is 3.37. The predicted molar refractivity (Wildman–Crippen MR) is 101 cm³/mol. The summed E-state index contributed by atoms with van der Waals surface area (Å²) in [5.74, 6) is 4.23. The lowest BCUT2D eigenvalue weighted by molar-refractivity contribution is 0.0736. The number of hydrazine groups is 1. The molecule has 0 atom stereocenters. The number of amides is 1. The number of nitrogens with one attached hydrogen (secondary N) is 1. The molecule has 0 fully saturated rings. The topological polar surface area (TPSA) is 102 Å². The van der Waals surface area contributed by atoms with Crippen molar-refractivity contribution in [3.63, 3.8) is 0 Å². The molecule has 3 rings (SSSR count). The maximum absolute atomic E-state index is 12.5. The van der Waals surface area contributed by atoms with E-state index in [0.717, 1.165) is 0 Å². The minimum Gasteiger partial charge on any atom is -0.506 e. The van der Waals surface area contributed by atoms with E-state index in [1.165, 1.54) is 24.3 Å². The van der Waals surface area contributed by atoms with Crippen molar-refractivity contribution in [2.24, 2.45) is 5.84 Å². The summed E-state index contributed by atoms with van der Waals surface area (Å²) >= 11 is 9.16. The van der Waals surface area contributed by atoms with Crippen molar-refractivity contribution in [3.8, 4) is 11.5 Å². The third-order valence-corrected chi connectivity index (χ3v) is 4.60. The molecule has 26 heavy (non-hydrogen) atoms. The van der Waals surface area contributed by atoms with Crippen LogP contribution >= 0.6 is 27.5 Å². The first-order valence-electron chi connectivity index (χ1n) is 7.35. The van der Waals surface area contributed by atoms with Crippen LogP contribution in [0, 0.1) is 0 Å². The average molecular weight is 436 g/mol. The molecule has 0 saturated carbocycles. The minimum atomic E-state index is -0.659. The first-order valence-corrected chi connectivity index (χ1v) is 8.52. The summed E-state index contributed by atoms with van der Waals surface area (Å²) in [6.07, 6.45) is 0. The van der Waals surface area contributed by atoms with Crippen LogP contribution in [0.2, 0.25) is 5.02 Å². The number of carbonyl (C=O) groups excluding carboxylic acids is 2. The molecule has 0 saturated heterocycles. The van der Waals surface area contributed by atoms with Gasteiger partial charge in [0.2, 0.25) is 0 Å². The molecule has 0 aliphatic rings. The molecule has 0 unspecified atom stereocenters. The van der Waals surface area contributed by atoms with E-state index in [2.05, 4.69) is 21.4 Å². The number of fused-ring (bicyclic) bond motifs is 1. The molecule has 8 heteroatoms. The van der Waals surface area contributed by atoms with E-state index in [1.54, 1.807) is 24.3 Å². The van der Waals surface area contributed by atoms with Crippen molar-refractivity contribution in [3.05, 3.63) is 69.2 Å². The zero-order valence-electron chi connectivity index (χ0n) is 13.1. The van der Waals surface area contributed by atoms with Crippen LogP contribution in [0.25, 0.3) is 10.8 Å². The molecule has 6 nitrogen and oxygen atoms in total. The van der Waals surface area contributed by atoms with Crippen LogP contribution in [0.15, 0.2) is 53.0 Å². The van der Waals surface area contributed by atoms with E-state index >= 15 is 0 Å². The Morgan fingerprint density at radius 1 is 1.12 bits per heavy atom. The van der Waals surface area contributed by atoms with E-state index in [1.807, 2.05) is 0 Å². The monoisotopic (exact) mass is 434 g/mol. The highest BCUT2D eigenvalue weighted by Crippen LogP contribution is 2.37. The number of aromatic hydroxyl groups is 1. The van der Waals surface area contributed by atoms with E-state index < -0.39 is 11.9 Å². The second-order valence-electron chi connectivity index (χ2n) is 5.31. The largest absolute Gasteiger partial charge is 0.506 e. The Kier molecular flexibility index (Phi) is 5.13. The number of carbonyl (C=O) groups is 2. The van der Waals surface area contributed by atoms with Crippen molar-refractivity contribution in [1.29, 1.82) is 0 Å². The number of nitrogen functional groups attached to an aromatic ring is 1. The fourth-order valence-electron chi connectivity index (χ4n) is 2.47. The Morgan fingerprint density at radius 3 is 2.46 bits per heavy atom. The number of benzene rings is 3. The summed E-state index contributed by atoms with van der Waals surface area (Å²) in [5.41, 5.74) is 2.60. The number of rotatable bonds is 3. The summed E-state index contributed by atoms with van der Waals surface area (Å²) < 4.78 is 5.93. The second-order valence-corrected chi connectivity index (χ2v) is 6.57. The first-order chi connectivity index (χ1) is 12.4. The molecule has 0 radical (unpaired) electrons. The molecule has 3 aromatic carbocycles. The van der Waals surface area contributed by atoms with Gasteiger partial charge >= 0.3 is 5.97 Å². The molecule has 1 amide bonds. The molecule has 0 heterocycles. The number of phenolic OH excluding ortho intramolecular Hbond substituents is 1. The number of hydrogen-bond donors (Lipinski definition) is 3. The molecule has 3 aromatic rings. The Labute approximate surface area is 161 Å². The van der Waals surface area contributed by atoms with Crippen molar-refractivity contribution in [1.82, 2.24) is 5.43 Å². The summed E-state index contributed by atoms with van der Waals surface area (Å²) in [7, 11) is 0. The smallest absolute Gasteiger partial charge is 0.343 e. The maximum Gasteiger partial charge on any atom is 0.343 e. The number of ether oxygens (including phenoxy) is 1. The minimum absolute atomic E-state index is 0.0401. The Bertz CT molecular complexity index is 1040. The fraction of sp³-hybridized carbons (Fsp3) is 0. The lowest BCUT2D eigenvalue weighted by Gasteiger charge is -2.13. The van der Waals surface area contributed by atoms with Crippen molar-refractivity contribution >= 4 is 50.2 Å². The third-order valence-electron chi connectivity index (χ3n) is 3.70. The Balaban J connectivity index is 2.08. The van der Waals surface area contributed by atoms with Crippen LogP contribution in [0.1, 0.15) is 20.7 Å². The van der Waals surface area contributed by atoms with Crippen LogP contribution in [0.4, 0.5) is 0 Å². The normalized spacial score (nSPS) is 10.6. The summed E-state index contributed by atoms with van der Waals surface area (Å²) in [5, 5.41) is 10.6. The highest BCUT2D eigenvalue weighted by molar-refractivity contribution is 9.10. The quantitative estimate of drug-likeness (QED) is 0.191. The number of phenols is 1. The van der Waals surface area contributed by atoms with Crippen molar-refractivity contribution in [2.45, 2.75) is 0 Å². The number of esters is 1. The standard InChI is InChI=1S/C18H12BrClN2O4/c19-13-8-12(17(24)22-21)10-3-1-2-4-11(10)16(13)26-18(25)9-5-6-15(23)14(20)7-9/h1-8,23H,21H2,(H,22,24). The molecule has 0 aliphatic heterocycles. The maximum atomic E-state index is 12.5. The van der Waals surface area contributed by atoms with Gasteiger partial charge in [-0.2, -0.15) is 0 Å². The van der Waals surface area contributed by atoms with E-state index in [0.29, 0.717) is 20.8 Å². The van der Waals surface area contributed by atoms with Crippen LogP contribution < -0.4 is 16.0 Å². The summed E-state index contributed by atoms with van der Waals surface area (Å²) in [4.78, 5) is 24.5. The molecule has 0 aromatic heterocycles. The van der Waals surface area contributed by atoms with Crippen LogP contribution in [-0.4, -0.2) is 17.0 Å². The average Bonchev–Trinajstić information content (AvgIpc) is 2.65. The predicted octanol–water partition coefficient (Wildman–Crippen LogP) is 3.78. The van der Waals surface area contributed by atoms with Gasteiger partial charge in [-0.3, -0.25) is 10.2 Å². The highest BCUT2D eigenvalue weighted by atomic mass is 79.9. The molecular weight excluding hydrogens is 424 g/mol. The second kappa shape index (κ2) is 7.33. The Morgan fingerprint density at radius 2 is 1.81 bits per heavy atom. The van der Waals surface area contributed by atoms with Gasteiger partial charge in [-0.1, -0.05) is 35.9 Å². The molecular formula is C18H12BrClN2O4. The molecule has 0 spiro atoms. The lowest BCUT2D eigenvalue weighted by Crippen LogP contribution is -2.30. The SMILES string of the molecule is NNC(=O)c1cc(Br)c(OC(=O)c2ccc(O)c(Cl)c2)c2ccccc12. The molecule has 132 valence electrons. The zero-order valence-corrected chi connectivity index (χ0v) is 15.5. The van der Waals surface area contributed by atoms with Gasteiger partial charge in [0.15, 0.2) is 5.75 Å².